The lowest BCUT2D eigenvalue weighted by molar-refractivity contribution is 0.539. The molecule has 7 heteroatoms. The lowest BCUT2D eigenvalue weighted by Gasteiger charge is -2.14. The molecule has 0 amide bonds. The van der Waals surface area contributed by atoms with E-state index in [1.165, 1.54) is 6.07 Å². The molecule has 0 bridgehead atoms. The monoisotopic (exact) mass is 308 g/mol. The first kappa shape index (κ1) is 15.4. The van der Waals surface area contributed by atoms with E-state index in [0.29, 0.717) is 11.5 Å². The maximum atomic E-state index is 12.5. The van der Waals surface area contributed by atoms with Crippen LogP contribution in [0.25, 0.3) is 0 Å². The first-order chi connectivity index (χ1) is 9.72. The van der Waals surface area contributed by atoms with Gasteiger partial charge in [0.15, 0.2) is 0 Å². The number of aryl methyl sites for hydroxylation is 1. The molecule has 3 N–H and O–H groups in total. The number of rotatable bonds is 4. The lowest BCUT2D eigenvalue weighted by Crippen LogP contribution is -2.18. The maximum absolute atomic E-state index is 12.5. The molecule has 2 aromatic rings. The summed E-state index contributed by atoms with van der Waals surface area (Å²) in [6, 6.07) is 4.77. The minimum Gasteiger partial charge on any atom is -0.398 e. The number of anilines is 2. The molecule has 0 saturated heterocycles. The second kappa shape index (κ2) is 5.40. The van der Waals surface area contributed by atoms with Crippen molar-refractivity contribution in [3.63, 3.8) is 0 Å². The fraction of sp³-hybridized carbons (Fsp3) is 0.357. The number of sulfonamides is 1. The van der Waals surface area contributed by atoms with Crippen molar-refractivity contribution in [2.75, 3.05) is 10.5 Å². The summed E-state index contributed by atoms with van der Waals surface area (Å²) in [4.78, 5) is 0.152. The average molecular weight is 308 g/mol. The minimum absolute atomic E-state index is 0.0579. The van der Waals surface area contributed by atoms with Crippen molar-refractivity contribution in [3.8, 4) is 0 Å². The molecule has 21 heavy (non-hydrogen) atoms. The van der Waals surface area contributed by atoms with Gasteiger partial charge in [0.25, 0.3) is 10.0 Å². The van der Waals surface area contributed by atoms with Crippen LogP contribution in [0.15, 0.2) is 29.3 Å². The number of nitrogen functional groups attached to an aromatic ring is 1. The summed E-state index contributed by atoms with van der Waals surface area (Å²) in [5, 5.41) is 4.11. The van der Waals surface area contributed by atoms with Gasteiger partial charge in [-0.05, 0) is 51.0 Å². The van der Waals surface area contributed by atoms with E-state index in [-0.39, 0.29) is 10.9 Å². The van der Waals surface area contributed by atoms with Crippen LogP contribution in [0.3, 0.4) is 0 Å². The van der Waals surface area contributed by atoms with Crippen molar-refractivity contribution < 1.29 is 8.42 Å². The third-order valence-corrected chi connectivity index (χ3v) is 4.72. The van der Waals surface area contributed by atoms with Gasteiger partial charge in [0.2, 0.25) is 0 Å². The summed E-state index contributed by atoms with van der Waals surface area (Å²) in [6.07, 6.45) is 1.56. The fourth-order valence-electron chi connectivity index (χ4n) is 2.01. The Hall–Kier alpha value is -2.02. The molecule has 1 aromatic carbocycles. The molecule has 0 fully saturated rings. The van der Waals surface area contributed by atoms with Gasteiger partial charge >= 0.3 is 0 Å². The van der Waals surface area contributed by atoms with Crippen LogP contribution in [0.4, 0.5) is 11.5 Å². The number of nitrogens with one attached hydrogen (secondary N) is 1. The summed E-state index contributed by atoms with van der Waals surface area (Å²) in [6.45, 7) is 7.56. The van der Waals surface area contributed by atoms with Crippen molar-refractivity contribution in [2.45, 2.75) is 38.6 Å². The molecule has 0 saturated carbocycles. The molecule has 0 unspecified atom stereocenters. The maximum Gasteiger partial charge on any atom is 0.263 e. The van der Waals surface area contributed by atoms with Crippen LogP contribution in [-0.4, -0.2) is 18.2 Å². The largest absolute Gasteiger partial charge is 0.398 e. The van der Waals surface area contributed by atoms with Gasteiger partial charge < -0.3 is 5.73 Å². The summed E-state index contributed by atoms with van der Waals surface area (Å²) in [5.74, 6) is 0.432. The Labute approximate surface area is 125 Å². The predicted octanol–water partition coefficient (Wildman–Crippen LogP) is 2.46. The Balaban J connectivity index is 2.41. The topological polar surface area (TPSA) is 90.0 Å². The van der Waals surface area contributed by atoms with E-state index in [1.807, 2.05) is 27.7 Å². The zero-order valence-corrected chi connectivity index (χ0v) is 13.4. The third kappa shape index (κ3) is 3.02. The van der Waals surface area contributed by atoms with Crippen LogP contribution in [0, 0.1) is 13.8 Å². The van der Waals surface area contributed by atoms with E-state index in [1.54, 1.807) is 23.0 Å². The molecule has 0 spiro atoms. The van der Waals surface area contributed by atoms with Crippen LogP contribution < -0.4 is 10.5 Å². The molecule has 1 heterocycles. The molecular weight excluding hydrogens is 288 g/mol. The number of aromatic nitrogens is 2. The molecule has 0 aliphatic rings. The summed E-state index contributed by atoms with van der Waals surface area (Å²) >= 11 is 0. The lowest BCUT2D eigenvalue weighted by atomic mass is 10.1. The van der Waals surface area contributed by atoms with E-state index < -0.39 is 10.0 Å². The highest BCUT2D eigenvalue weighted by Gasteiger charge is 2.19. The van der Waals surface area contributed by atoms with Crippen LogP contribution in [-0.2, 0) is 10.0 Å². The van der Waals surface area contributed by atoms with Gasteiger partial charge in [-0.25, -0.2) is 13.1 Å². The van der Waals surface area contributed by atoms with Crippen molar-refractivity contribution in [2.24, 2.45) is 0 Å². The Morgan fingerprint density at radius 2 is 1.95 bits per heavy atom. The molecule has 0 atom stereocenters. The highest BCUT2D eigenvalue weighted by Crippen LogP contribution is 2.24. The number of nitrogens with zero attached hydrogens (tertiary/aromatic N) is 2. The Kier molecular flexibility index (Phi) is 3.95. The zero-order chi connectivity index (χ0) is 15.8. The van der Waals surface area contributed by atoms with E-state index in [4.69, 9.17) is 5.73 Å². The zero-order valence-electron chi connectivity index (χ0n) is 12.6. The molecule has 114 valence electrons. The average Bonchev–Trinajstić information content (AvgIpc) is 2.82. The second-order valence-corrected chi connectivity index (χ2v) is 7.00. The number of hydrogen-bond acceptors (Lipinski definition) is 4. The van der Waals surface area contributed by atoms with E-state index in [9.17, 15) is 8.42 Å². The molecular formula is C14H20N4O2S. The Morgan fingerprint density at radius 3 is 2.52 bits per heavy atom. The molecule has 0 aliphatic heterocycles. The number of nitrogens with two attached hydrogens (primary N) is 1. The second-order valence-electron chi connectivity index (χ2n) is 5.31. The first-order valence-electron chi connectivity index (χ1n) is 6.65. The summed E-state index contributed by atoms with van der Waals surface area (Å²) in [7, 11) is -3.69. The van der Waals surface area contributed by atoms with E-state index in [0.717, 1.165) is 11.1 Å². The fourth-order valence-corrected chi connectivity index (χ4v) is 3.18. The SMILES string of the molecule is Cc1cc(S(=O)(=O)Nc2ccnn2C(C)C)cc(N)c1C. The van der Waals surface area contributed by atoms with E-state index >= 15 is 0 Å². The minimum atomic E-state index is -3.69. The van der Waals surface area contributed by atoms with Crippen LogP contribution in [0.5, 0.6) is 0 Å². The van der Waals surface area contributed by atoms with Crippen molar-refractivity contribution >= 4 is 21.5 Å². The van der Waals surface area contributed by atoms with Crippen LogP contribution >= 0.6 is 0 Å². The van der Waals surface area contributed by atoms with E-state index in [2.05, 4.69) is 9.82 Å². The molecule has 1 aromatic heterocycles. The quantitative estimate of drug-likeness (QED) is 0.849. The molecule has 0 radical (unpaired) electrons. The van der Waals surface area contributed by atoms with Gasteiger partial charge in [-0.1, -0.05) is 0 Å². The van der Waals surface area contributed by atoms with Crippen LogP contribution in [0.2, 0.25) is 0 Å². The molecule has 6 nitrogen and oxygen atoms in total. The van der Waals surface area contributed by atoms with Gasteiger partial charge in [0.1, 0.15) is 5.82 Å². The number of hydrogen-bond donors (Lipinski definition) is 2. The van der Waals surface area contributed by atoms with Crippen molar-refractivity contribution in [1.82, 2.24) is 9.78 Å². The smallest absolute Gasteiger partial charge is 0.263 e. The highest BCUT2D eigenvalue weighted by atomic mass is 32.2. The van der Waals surface area contributed by atoms with Crippen molar-refractivity contribution in [1.29, 1.82) is 0 Å². The Morgan fingerprint density at radius 1 is 1.29 bits per heavy atom. The third-order valence-electron chi connectivity index (χ3n) is 3.39. The molecule has 0 aliphatic carbocycles. The van der Waals surface area contributed by atoms with Gasteiger partial charge in [0.05, 0.1) is 11.1 Å². The van der Waals surface area contributed by atoms with Gasteiger partial charge in [-0.2, -0.15) is 5.10 Å². The van der Waals surface area contributed by atoms with Crippen molar-refractivity contribution in [3.05, 3.63) is 35.5 Å². The molecule has 2 rings (SSSR count). The standard InChI is InChI=1S/C14H20N4O2S/c1-9(2)18-14(5-6-16-18)17-21(19,20)12-7-10(3)11(4)13(15)8-12/h5-9,17H,15H2,1-4H3. The van der Waals surface area contributed by atoms with Gasteiger partial charge in [-0.3, -0.25) is 4.72 Å². The summed E-state index contributed by atoms with van der Waals surface area (Å²) in [5.41, 5.74) is 8.06. The van der Waals surface area contributed by atoms with Crippen LogP contribution in [0.1, 0.15) is 31.0 Å². The number of benzene rings is 1. The van der Waals surface area contributed by atoms with Gasteiger partial charge in [0, 0.05) is 17.8 Å². The normalized spacial score (nSPS) is 11.9. The Bertz CT molecular complexity index is 740. The first-order valence-corrected chi connectivity index (χ1v) is 8.13. The van der Waals surface area contributed by atoms with Gasteiger partial charge in [-0.15, -0.1) is 0 Å². The highest BCUT2D eigenvalue weighted by molar-refractivity contribution is 7.92. The predicted molar refractivity (Wildman–Crippen MR) is 83.7 cm³/mol. The summed E-state index contributed by atoms with van der Waals surface area (Å²) < 4.78 is 29.1.